The SMILES string of the molecule is CCN(CC)CCNC(=O)c1c(C)[nH]c(/C=C2\C(=O)Nc3ccc(NC(=O)CCC(=O)OC(C)C(=O)OC(C)C(=O)OC(COc4nsnc4N4CCOCC4)CN(C(C)=O)C(C)(C)C)cc32)c1C. The van der Waals surface area contributed by atoms with E-state index in [4.69, 9.17) is 23.7 Å². The molecule has 3 aromatic rings. The summed E-state index contributed by atoms with van der Waals surface area (Å²) in [5.41, 5.74) is 3.54. The number of carbonyl (C=O) groups excluding carboxylic acids is 7. The number of fused-ring (bicyclic) bond motifs is 1. The van der Waals surface area contributed by atoms with E-state index in [1.807, 2.05) is 32.6 Å². The Morgan fingerprint density at radius 3 is 2.32 bits per heavy atom. The third kappa shape index (κ3) is 14.6. The van der Waals surface area contributed by atoms with Gasteiger partial charge in [-0.05, 0) is 91.4 Å². The third-order valence-corrected chi connectivity index (χ3v) is 12.0. The normalized spacial score (nSPS) is 15.4. The molecule has 2 aliphatic heterocycles. The van der Waals surface area contributed by atoms with Gasteiger partial charge < -0.3 is 59.3 Å². The van der Waals surface area contributed by atoms with Crippen LogP contribution in [0, 0.1) is 13.8 Å². The van der Waals surface area contributed by atoms with Gasteiger partial charge in [-0.3, -0.25) is 24.0 Å². The van der Waals surface area contributed by atoms with Gasteiger partial charge in [0, 0.05) is 73.4 Å². The molecule has 4 heterocycles. The number of amides is 4. The fraction of sp³-hybridized carbons (Fsp3) is 0.553. The first-order valence-corrected chi connectivity index (χ1v) is 23.8. The fourth-order valence-electron chi connectivity index (χ4n) is 7.70. The number of ether oxygens (including phenoxy) is 5. The molecule has 21 nitrogen and oxygen atoms in total. The molecule has 22 heteroatoms. The number of rotatable bonds is 22. The highest BCUT2D eigenvalue weighted by Gasteiger charge is 2.33. The third-order valence-electron chi connectivity index (χ3n) is 11.5. The van der Waals surface area contributed by atoms with Gasteiger partial charge in [-0.1, -0.05) is 13.8 Å². The van der Waals surface area contributed by atoms with E-state index in [0.717, 1.165) is 31.4 Å². The number of aromatic nitrogens is 3. The quantitative estimate of drug-likeness (QED) is 0.0628. The Bertz CT molecular complexity index is 2380. The van der Waals surface area contributed by atoms with Gasteiger partial charge >= 0.3 is 17.9 Å². The Morgan fingerprint density at radius 1 is 0.971 bits per heavy atom. The van der Waals surface area contributed by atoms with E-state index < -0.39 is 54.1 Å². The number of esters is 3. The fourth-order valence-corrected chi connectivity index (χ4v) is 8.22. The van der Waals surface area contributed by atoms with Crippen LogP contribution in [0.3, 0.4) is 0 Å². The summed E-state index contributed by atoms with van der Waals surface area (Å²) in [6.45, 7) is 22.2. The lowest BCUT2D eigenvalue weighted by Gasteiger charge is -2.37. The van der Waals surface area contributed by atoms with Gasteiger partial charge in [-0.25, -0.2) is 9.59 Å². The first-order chi connectivity index (χ1) is 32.7. The van der Waals surface area contributed by atoms with Crippen molar-refractivity contribution in [1.29, 1.82) is 0 Å². The minimum atomic E-state index is -1.45. The van der Waals surface area contributed by atoms with Gasteiger partial charge in [0.25, 0.3) is 17.7 Å². The highest BCUT2D eigenvalue weighted by molar-refractivity contribution is 6.99. The summed E-state index contributed by atoms with van der Waals surface area (Å²) in [6.07, 6.45) is -2.93. The van der Waals surface area contributed by atoms with Crippen molar-refractivity contribution in [3.05, 3.63) is 46.3 Å². The Kier molecular flexibility index (Phi) is 18.8. The highest BCUT2D eigenvalue weighted by Crippen LogP contribution is 2.36. The standard InChI is InChI=1S/C47H65N9O12S/c1-11-54(12-2)18-17-48-43(61)40-27(3)37(49-28(40)4)24-35-34-23-32(13-14-36(34)51-42(35)60)50-38(58)15-16-39(59)66-29(5)45(62)67-30(6)46(63)68-33(25-56(31(7)57)47(8,9)10)26-65-44-41(52-69-53-44)55-19-21-64-22-20-55/h13-14,23-24,29-30,33,49H,11-12,15-22,25-26H2,1-10H3,(H,48,61)(H,50,58)(H,51,60)/b35-24-. The Labute approximate surface area is 406 Å². The van der Waals surface area contributed by atoms with Crippen LogP contribution in [0.5, 0.6) is 5.88 Å². The maximum Gasteiger partial charge on any atom is 0.347 e. The second kappa shape index (κ2) is 24.2. The van der Waals surface area contributed by atoms with E-state index in [1.165, 1.54) is 25.7 Å². The molecule has 4 N–H and O–H groups in total. The number of nitrogens with one attached hydrogen (secondary N) is 4. The van der Waals surface area contributed by atoms with Crippen molar-refractivity contribution in [1.82, 2.24) is 28.8 Å². The number of benzene rings is 1. The average Bonchev–Trinajstić information content (AvgIpc) is 3.98. The summed E-state index contributed by atoms with van der Waals surface area (Å²) in [5, 5.41) is 8.54. The second-order valence-electron chi connectivity index (χ2n) is 17.6. The van der Waals surface area contributed by atoms with Crippen molar-refractivity contribution in [3.8, 4) is 5.88 Å². The van der Waals surface area contributed by atoms with Crippen LogP contribution < -0.4 is 25.6 Å². The van der Waals surface area contributed by atoms with Gasteiger partial charge in [-0.2, -0.15) is 4.37 Å². The van der Waals surface area contributed by atoms with Gasteiger partial charge in [0.15, 0.2) is 18.3 Å². The number of nitrogens with zero attached hydrogens (tertiary/aromatic N) is 5. The molecule has 3 atom stereocenters. The number of likely N-dealkylation sites (N-methyl/N-ethyl adjacent to an activating group) is 1. The average molecular weight is 980 g/mol. The number of hydrogen-bond donors (Lipinski definition) is 4. The lowest BCUT2D eigenvalue weighted by atomic mass is 10.0. The van der Waals surface area contributed by atoms with Crippen LogP contribution in [0.15, 0.2) is 18.2 Å². The molecule has 69 heavy (non-hydrogen) atoms. The van der Waals surface area contributed by atoms with Crippen molar-refractivity contribution in [2.45, 2.75) is 106 Å². The van der Waals surface area contributed by atoms with Gasteiger partial charge in [0.2, 0.25) is 17.6 Å². The number of aromatic amines is 1. The van der Waals surface area contributed by atoms with Crippen LogP contribution in [0.2, 0.25) is 0 Å². The molecule has 0 aliphatic carbocycles. The zero-order chi connectivity index (χ0) is 50.6. The molecule has 4 amide bonds. The van der Waals surface area contributed by atoms with Crippen LogP contribution in [-0.2, 0) is 47.7 Å². The zero-order valence-electron chi connectivity index (χ0n) is 41.1. The van der Waals surface area contributed by atoms with E-state index >= 15 is 0 Å². The Morgan fingerprint density at radius 2 is 1.65 bits per heavy atom. The molecule has 1 aromatic carbocycles. The molecule has 2 aliphatic rings. The van der Waals surface area contributed by atoms with Gasteiger partial charge in [0.1, 0.15) is 6.61 Å². The minimum Gasteiger partial charge on any atom is -0.470 e. The van der Waals surface area contributed by atoms with Crippen LogP contribution in [0.1, 0.15) is 101 Å². The summed E-state index contributed by atoms with van der Waals surface area (Å²) in [4.78, 5) is 99.9. The number of anilines is 3. The molecule has 1 fully saturated rings. The van der Waals surface area contributed by atoms with E-state index in [0.29, 0.717) is 83.7 Å². The van der Waals surface area contributed by atoms with Crippen molar-refractivity contribution in [2.24, 2.45) is 0 Å². The first-order valence-electron chi connectivity index (χ1n) is 23.0. The van der Waals surface area contributed by atoms with Crippen LogP contribution in [-0.4, -0.2) is 155 Å². The zero-order valence-corrected chi connectivity index (χ0v) is 41.9. The van der Waals surface area contributed by atoms with Crippen LogP contribution >= 0.6 is 11.7 Å². The highest BCUT2D eigenvalue weighted by atomic mass is 32.1. The van der Waals surface area contributed by atoms with E-state index in [2.05, 4.69) is 48.4 Å². The molecular weight excluding hydrogens is 915 g/mol. The first kappa shape index (κ1) is 53.6. The smallest absolute Gasteiger partial charge is 0.347 e. The topological polar surface area (TPSA) is 253 Å². The molecule has 1 saturated heterocycles. The van der Waals surface area contributed by atoms with Crippen molar-refractivity contribution < 1.29 is 57.2 Å². The minimum absolute atomic E-state index is 0.0482. The molecule has 0 saturated carbocycles. The lowest BCUT2D eigenvalue weighted by Crippen LogP contribution is -2.50. The van der Waals surface area contributed by atoms with Crippen LogP contribution in [0.4, 0.5) is 17.2 Å². The van der Waals surface area contributed by atoms with E-state index in [-0.39, 0.29) is 43.2 Å². The molecule has 5 rings (SSSR count). The monoisotopic (exact) mass is 979 g/mol. The van der Waals surface area contributed by atoms with E-state index in [1.54, 1.807) is 31.2 Å². The molecule has 0 radical (unpaired) electrons. The van der Waals surface area contributed by atoms with Gasteiger partial charge in [0.05, 0.1) is 49.0 Å². The number of hydrogen-bond acceptors (Lipinski definition) is 17. The maximum absolute atomic E-state index is 13.3. The van der Waals surface area contributed by atoms with Crippen molar-refractivity contribution in [2.75, 3.05) is 81.2 Å². The summed E-state index contributed by atoms with van der Waals surface area (Å²) in [6, 6.07) is 4.88. The van der Waals surface area contributed by atoms with Crippen molar-refractivity contribution in [3.63, 3.8) is 0 Å². The predicted octanol–water partition coefficient (Wildman–Crippen LogP) is 4.10. The lowest BCUT2D eigenvalue weighted by molar-refractivity contribution is -0.180. The number of H-pyrrole nitrogens is 1. The molecule has 0 bridgehead atoms. The van der Waals surface area contributed by atoms with Crippen molar-refractivity contribution >= 4 is 82.1 Å². The summed E-state index contributed by atoms with van der Waals surface area (Å²) in [5.74, 6) is -3.45. The molecule has 3 unspecified atom stereocenters. The van der Waals surface area contributed by atoms with Gasteiger partial charge in [-0.15, -0.1) is 4.37 Å². The summed E-state index contributed by atoms with van der Waals surface area (Å²) in [7, 11) is 0. The number of aryl methyl sites for hydroxylation is 1. The molecule has 0 spiro atoms. The largest absolute Gasteiger partial charge is 0.470 e. The molecule has 2 aromatic heterocycles. The summed E-state index contributed by atoms with van der Waals surface area (Å²) >= 11 is 0.963. The molecular formula is C47H65N9O12S. The summed E-state index contributed by atoms with van der Waals surface area (Å²) < 4.78 is 36.3. The second-order valence-corrected chi connectivity index (χ2v) is 18.2. The Balaban J connectivity index is 1.12. The Hall–Kier alpha value is -6.39. The number of morpholine rings is 1. The van der Waals surface area contributed by atoms with Crippen LogP contribution in [0.25, 0.3) is 11.6 Å². The maximum atomic E-state index is 13.3. The van der Waals surface area contributed by atoms with E-state index in [9.17, 15) is 33.6 Å². The predicted molar refractivity (Wildman–Crippen MR) is 258 cm³/mol. The molecule has 376 valence electrons. The number of carbonyl (C=O) groups is 7.